The zero-order valence-electron chi connectivity index (χ0n) is 15.8. The fourth-order valence-electron chi connectivity index (χ4n) is 2.63. The van der Waals surface area contributed by atoms with Gasteiger partial charge in [0.25, 0.3) is 0 Å². The quantitative estimate of drug-likeness (QED) is 0.482. The van der Waals surface area contributed by atoms with Crippen LogP contribution >= 0.6 is 0 Å². The molecule has 0 aliphatic carbocycles. The number of carbonyl (C=O) groups excluding carboxylic acids is 1. The molecule has 2 rings (SSSR count). The van der Waals surface area contributed by atoms with Gasteiger partial charge in [-0.05, 0) is 62.6 Å². The largest absolute Gasteiger partial charge is 0.507 e. The van der Waals surface area contributed by atoms with Gasteiger partial charge in [-0.2, -0.15) is 5.26 Å². The van der Waals surface area contributed by atoms with Crippen molar-refractivity contribution >= 4 is 5.78 Å². The molecule has 0 spiro atoms. The molecule has 0 atom stereocenters. The Bertz CT molecular complexity index is 806. The van der Waals surface area contributed by atoms with E-state index in [9.17, 15) is 9.90 Å². The summed E-state index contributed by atoms with van der Waals surface area (Å²) in [4.78, 5) is 12.0. The van der Waals surface area contributed by atoms with Crippen molar-refractivity contribution in [3.05, 3.63) is 53.1 Å². The molecule has 0 aliphatic rings. The Labute approximate surface area is 160 Å². The van der Waals surface area contributed by atoms with E-state index in [0.717, 1.165) is 25.0 Å². The molecule has 0 unspecified atom stereocenters. The number of rotatable bonds is 10. The van der Waals surface area contributed by atoms with Gasteiger partial charge >= 0.3 is 0 Å². The number of ether oxygens (including phenoxy) is 2. The van der Waals surface area contributed by atoms with Gasteiger partial charge in [0.1, 0.15) is 17.2 Å². The van der Waals surface area contributed by atoms with E-state index >= 15 is 0 Å². The number of hydrogen-bond donors (Lipinski definition) is 1. The van der Waals surface area contributed by atoms with Gasteiger partial charge in [0.2, 0.25) is 0 Å². The molecule has 0 heterocycles. The first-order valence-electron chi connectivity index (χ1n) is 9.18. The average Bonchev–Trinajstić information content (AvgIpc) is 2.68. The number of phenolic OH excluding ortho intramolecular Hbond substituents is 1. The number of phenols is 1. The van der Waals surface area contributed by atoms with Crippen LogP contribution in [0.3, 0.4) is 0 Å². The summed E-state index contributed by atoms with van der Waals surface area (Å²) in [6.07, 6.45) is 2.79. The topological polar surface area (TPSA) is 79.5 Å². The van der Waals surface area contributed by atoms with E-state index in [0.29, 0.717) is 42.1 Å². The summed E-state index contributed by atoms with van der Waals surface area (Å²) >= 11 is 0. The number of ketones is 1. The molecule has 0 radical (unpaired) electrons. The third-order valence-electron chi connectivity index (χ3n) is 4.21. The number of unbranched alkanes of at least 4 members (excludes halogenated alkanes) is 1. The van der Waals surface area contributed by atoms with Gasteiger partial charge in [-0.1, -0.05) is 6.92 Å². The maximum Gasteiger partial charge on any atom is 0.166 e. The molecular weight excluding hydrogens is 342 g/mol. The van der Waals surface area contributed by atoms with Crippen LogP contribution in [0.5, 0.6) is 17.2 Å². The highest BCUT2D eigenvalue weighted by Gasteiger charge is 2.15. The Morgan fingerprint density at radius 1 is 1.07 bits per heavy atom. The number of aromatic hydroxyl groups is 1. The first-order valence-corrected chi connectivity index (χ1v) is 9.18. The number of nitrogens with zero attached hydrogens (tertiary/aromatic N) is 1. The molecule has 1 N–H and O–H groups in total. The van der Waals surface area contributed by atoms with Crippen LogP contribution in [0, 0.1) is 18.3 Å². The Morgan fingerprint density at radius 2 is 1.74 bits per heavy atom. The van der Waals surface area contributed by atoms with Gasteiger partial charge in [0, 0.05) is 12.0 Å². The minimum atomic E-state index is -0.0513. The van der Waals surface area contributed by atoms with Crippen molar-refractivity contribution in [3.63, 3.8) is 0 Å². The zero-order valence-corrected chi connectivity index (χ0v) is 15.8. The summed E-state index contributed by atoms with van der Waals surface area (Å²) in [6.45, 7) is 4.75. The van der Waals surface area contributed by atoms with Crippen molar-refractivity contribution in [1.82, 2.24) is 0 Å². The summed E-state index contributed by atoms with van der Waals surface area (Å²) in [5.41, 5.74) is 1.56. The third-order valence-corrected chi connectivity index (χ3v) is 4.21. The molecule has 0 aromatic heterocycles. The van der Waals surface area contributed by atoms with Crippen LogP contribution in [0.2, 0.25) is 0 Å². The van der Waals surface area contributed by atoms with Crippen LogP contribution in [0.15, 0.2) is 36.4 Å². The van der Waals surface area contributed by atoms with Crippen LogP contribution in [0.4, 0.5) is 0 Å². The molecule has 0 saturated carbocycles. The van der Waals surface area contributed by atoms with E-state index in [2.05, 4.69) is 6.07 Å². The molecule has 0 fully saturated rings. The highest BCUT2D eigenvalue weighted by molar-refractivity contribution is 5.99. The van der Waals surface area contributed by atoms with Crippen molar-refractivity contribution in [1.29, 1.82) is 5.26 Å². The molecule has 27 heavy (non-hydrogen) atoms. The lowest BCUT2D eigenvalue weighted by Crippen LogP contribution is -2.05. The second-order valence-electron chi connectivity index (χ2n) is 6.30. The van der Waals surface area contributed by atoms with Crippen molar-refractivity contribution in [2.75, 3.05) is 13.2 Å². The van der Waals surface area contributed by atoms with Crippen LogP contribution in [0.25, 0.3) is 0 Å². The zero-order chi connectivity index (χ0) is 19.6. The molecule has 2 aromatic rings. The summed E-state index contributed by atoms with van der Waals surface area (Å²) in [5.74, 6) is 1.29. The molecule has 5 nitrogen and oxygen atoms in total. The van der Waals surface area contributed by atoms with Gasteiger partial charge in [-0.15, -0.1) is 0 Å². The van der Waals surface area contributed by atoms with Gasteiger partial charge in [0.05, 0.1) is 30.4 Å². The summed E-state index contributed by atoms with van der Waals surface area (Å²) in [6, 6.07) is 12.4. The second-order valence-corrected chi connectivity index (χ2v) is 6.30. The Hall–Kier alpha value is -3.00. The monoisotopic (exact) mass is 367 g/mol. The Balaban J connectivity index is 1.76. The van der Waals surface area contributed by atoms with Crippen molar-refractivity contribution in [3.8, 4) is 23.3 Å². The van der Waals surface area contributed by atoms with E-state index in [4.69, 9.17) is 14.7 Å². The smallest absolute Gasteiger partial charge is 0.166 e. The summed E-state index contributed by atoms with van der Waals surface area (Å²) < 4.78 is 11.4. The minimum Gasteiger partial charge on any atom is -0.507 e. The number of Topliss-reactive ketones (excluding diaryl/α,β-unsaturated/α-hetero) is 1. The van der Waals surface area contributed by atoms with Gasteiger partial charge in [-0.3, -0.25) is 4.79 Å². The Kier molecular flexibility index (Phi) is 7.69. The van der Waals surface area contributed by atoms with Crippen LogP contribution in [-0.4, -0.2) is 24.1 Å². The van der Waals surface area contributed by atoms with Crippen LogP contribution in [0.1, 0.15) is 54.1 Å². The molecule has 0 aliphatic heterocycles. The van der Waals surface area contributed by atoms with Gasteiger partial charge in [-0.25, -0.2) is 0 Å². The summed E-state index contributed by atoms with van der Waals surface area (Å²) in [7, 11) is 0. The fraction of sp³-hybridized carbons (Fsp3) is 0.364. The first-order chi connectivity index (χ1) is 13.1. The van der Waals surface area contributed by atoms with E-state index < -0.39 is 0 Å². The van der Waals surface area contributed by atoms with E-state index in [1.807, 2.05) is 6.92 Å². The highest BCUT2D eigenvalue weighted by atomic mass is 16.5. The maximum atomic E-state index is 12.0. The normalized spacial score (nSPS) is 10.3. The molecule has 0 saturated heterocycles. The molecule has 5 heteroatoms. The standard InChI is InChI=1S/C22H25NO4/c1-3-6-20(24)19-11-12-21(16(2)22(19)25)27-14-5-4-13-26-18-9-7-17(15-23)8-10-18/h7-12,25H,3-6,13-14H2,1-2H3. The number of nitriles is 1. The fourth-order valence-corrected chi connectivity index (χ4v) is 2.63. The second kappa shape index (κ2) is 10.2. The van der Waals surface area contributed by atoms with E-state index in [1.54, 1.807) is 43.3 Å². The van der Waals surface area contributed by atoms with Gasteiger partial charge < -0.3 is 14.6 Å². The SMILES string of the molecule is CCCC(=O)c1ccc(OCCCCOc2ccc(C#N)cc2)c(C)c1O. The first kappa shape index (κ1) is 20.3. The van der Waals surface area contributed by atoms with E-state index in [1.165, 1.54) is 0 Å². The number of benzene rings is 2. The lowest BCUT2D eigenvalue weighted by atomic mass is 10.0. The van der Waals surface area contributed by atoms with Crippen molar-refractivity contribution in [2.45, 2.75) is 39.5 Å². The van der Waals surface area contributed by atoms with E-state index in [-0.39, 0.29) is 11.5 Å². The third kappa shape index (κ3) is 5.75. The summed E-state index contributed by atoms with van der Waals surface area (Å²) in [5, 5.41) is 19.0. The van der Waals surface area contributed by atoms with Crippen LogP contribution < -0.4 is 9.47 Å². The molecule has 0 bridgehead atoms. The minimum absolute atomic E-state index is 0.00935. The molecular formula is C22H25NO4. The van der Waals surface area contributed by atoms with Crippen molar-refractivity contribution in [2.24, 2.45) is 0 Å². The number of hydrogen-bond acceptors (Lipinski definition) is 5. The molecule has 0 amide bonds. The van der Waals surface area contributed by atoms with Crippen LogP contribution in [-0.2, 0) is 0 Å². The number of carbonyl (C=O) groups is 1. The lowest BCUT2D eigenvalue weighted by Gasteiger charge is -2.13. The van der Waals surface area contributed by atoms with Crippen molar-refractivity contribution < 1.29 is 19.4 Å². The predicted octanol–water partition coefficient (Wildman–Crippen LogP) is 4.79. The average molecular weight is 367 g/mol. The molecule has 142 valence electrons. The van der Waals surface area contributed by atoms with Gasteiger partial charge in [0.15, 0.2) is 5.78 Å². The lowest BCUT2D eigenvalue weighted by molar-refractivity contribution is 0.0979. The predicted molar refractivity (Wildman–Crippen MR) is 103 cm³/mol. The Morgan fingerprint density at radius 3 is 2.37 bits per heavy atom. The highest BCUT2D eigenvalue weighted by Crippen LogP contribution is 2.31. The maximum absolute atomic E-state index is 12.0. The molecule has 2 aromatic carbocycles.